The third-order valence-corrected chi connectivity index (χ3v) is 3.52. The van der Waals surface area contributed by atoms with Crippen molar-refractivity contribution in [3.63, 3.8) is 0 Å². The molecule has 0 bridgehead atoms. The van der Waals surface area contributed by atoms with Crippen molar-refractivity contribution in [2.24, 2.45) is 5.92 Å². The Labute approximate surface area is 107 Å². The normalized spacial score (nSPS) is 10.8. The Morgan fingerprint density at radius 3 is 2.18 bits per heavy atom. The molecule has 0 saturated heterocycles. The molecule has 0 aliphatic carbocycles. The molecule has 1 heteroatoms. The number of hydrogen-bond donors (Lipinski definition) is 1. The molecule has 0 aliphatic rings. The number of aryl methyl sites for hydroxylation is 1. The molecular formula is C16H27N. The molecule has 0 atom stereocenters. The van der Waals surface area contributed by atoms with E-state index in [0.717, 1.165) is 12.5 Å². The summed E-state index contributed by atoms with van der Waals surface area (Å²) in [6.45, 7) is 7.88. The van der Waals surface area contributed by atoms with Crippen LogP contribution < -0.4 is 5.32 Å². The van der Waals surface area contributed by atoms with Gasteiger partial charge < -0.3 is 5.32 Å². The van der Waals surface area contributed by atoms with Gasteiger partial charge >= 0.3 is 0 Å². The molecule has 0 spiro atoms. The van der Waals surface area contributed by atoms with Crippen molar-refractivity contribution in [3.05, 3.63) is 29.8 Å². The third kappa shape index (κ3) is 5.25. The summed E-state index contributed by atoms with van der Waals surface area (Å²) >= 11 is 0. The lowest BCUT2D eigenvalue weighted by molar-refractivity contribution is 0.519. The molecule has 0 aromatic heterocycles. The van der Waals surface area contributed by atoms with E-state index in [4.69, 9.17) is 0 Å². The van der Waals surface area contributed by atoms with E-state index in [9.17, 15) is 0 Å². The van der Waals surface area contributed by atoms with Crippen molar-refractivity contribution in [1.82, 2.24) is 0 Å². The van der Waals surface area contributed by atoms with Crippen LogP contribution in [0.2, 0.25) is 0 Å². The second-order valence-electron chi connectivity index (χ2n) is 4.86. The van der Waals surface area contributed by atoms with E-state index in [0.29, 0.717) is 0 Å². The predicted molar refractivity (Wildman–Crippen MR) is 77.6 cm³/mol. The van der Waals surface area contributed by atoms with Gasteiger partial charge in [0, 0.05) is 12.2 Å². The van der Waals surface area contributed by atoms with E-state index in [1.165, 1.54) is 43.4 Å². The summed E-state index contributed by atoms with van der Waals surface area (Å²) in [5.41, 5.74) is 2.72. The quantitative estimate of drug-likeness (QED) is 0.675. The summed E-state index contributed by atoms with van der Waals surface area (Å²) < 4.78 is 0. The van der Waals surface area contributed by atoms with Crippen LogP contribution in [0.5, 0.6) is 0 Å². The highest BCUT2D eigenvalue weighted by Crippen LogP contribution is 2.14. The van der Waals surface area contributed by atoms with E-state index in [1.54, 1.807) is 0 Å². The van der Waals surface area contributed by atoms with Crippen LogP contribution in [0.15, 0.2) is 24.3 Å². The zero-order chi connectivity index (χ0) is 12.5. The smallest absolute Gasteiger partial charge is 0.0340 e. The van der Waals surface area contributed by atoms with Gasteiger partial charge in [0.1, 0.15) is 0 Å². The molecule has 1 rings (SSSR count). The first-order valence-electron chi connectivity index (χ1n) is 7.12. The Morgan fingerprint density at radius 1 is 1.00 bits per heavy atom. The molecule has 1 nitrogen and oxygen atoms in total. The maximum absolute atomic E-state index is 3.53. The lowest BCUT2D eigenvalue weighted by Gasteiger charge is -2.14. The van der Waals surface area contributed by atoms with Gasteiger partial charge in [0.15, 0.2) is 0 Å². The Bertz CT molecular complexity index is 285. The maximum Gasteiger partial charge on any atom is 0.0340 e. The summed E-state index contributed by atoms with van der Waals surface area (Å²) in [4.78, 5) is 0. The van der Waals surface area contributed by atoms with Crippen LogP contribution in [-0.4, -0.2) is 6.54 Å². The Kier molecular flexibility index (Phi) is 6.76. The molecule has 17 heavy (non-hydrogen) atoms. The highest BCUT2D eigenvalue weighted by atomic mass is 14.9. The highest BCUT2D eigenvalue weighted by molar-refractivity contribution is 5.44. The molecule has 0 heterocycles. The van der Waals surface area contributed by atoms with Crippen molar-refractivity contribution in [3.8, 4) is 0 Å². The minimum absolute atomic E-state index is 0.801. The van der Waals surface area contributed by atoms with Gasteiger partial charge in [-0.15, -0.1) is 0 Å². The topological polar surface area (TPSA) is 12.0 Å². The van der Waals surface area contributed by atoms with Crippen molar-refractivity contribution in [2.75, 3.05) is 11.9 Å². The Hall–Kier alpha value is -0.980. The summed E-state index contributed by atoms with van der Waals surface area (Å²) in [6.07, 6.45) is 6.30. The molecule has 1 N–H and O–H groups in total. The first-order valence-corrected chi connectivity index (χ1v) is 7.12. The van der Waals surface area contributed by atoms with Gasteiger partial charge in [0.2, 0.25) is 0 Å². The molecule has 0 fully saturated rings. The summed E-state index contributed by atoms with van der Waals surface area (Å²) in [5.74, 6) is 0.801. The number of benzene rings is 1. The molecule has 0 unspecified atom stereocenters. The van der Waals surface area contributed by atoms with Crippen LogP contribution in [-0.2, 0) is 6.42 Å². The number of anilines is 1. The number of nitrogens with one attached hydrogen (secondary N) is 1. The molecule has 1 aromatic carbocycles. The largest absolute Gasteiger partial charge is 0.385 e. The second-order valence-corrected chi connectivity index (χ2v) is 4.86. The first-order chi connectivity index (χ1) is 8.30. The zero-order valence-electron chi connectivity index (χ0n) is 11.6. The fourth-order valence-corrected chi connectivity index (χ4v) is 2.01. The molecule has 0 radical (unpaired) electrons. The average molecular weight is 233 g/mol. The van der Waals surface area contributed by atoms with Gasteiger partial charge in [-0.2, -0.15) is 0 Å². The van der Waals surface area contributed by atoms with Crippen molar-refractivity contribution in [1.29, 1.82) is 0 Å². The first kappa shape index (κ1) is 14.1. The van der Waals surface area contributed by atoms with Crippen molar-refractivity contribution in [2.45, 2.75) is 52.9 Å². The number of unbranched alkanes of at least 4 members (excludes halogenated alkanes) is 1. The molecule has 96 valence electrons. The fraction of sp³-hybridized carbons (Fsp3) is 0.625. The molecule has 1 aromatic rings. The van der Waals surface area contributed by atoms with Gasteiger partial charge in [0.25, 0.3) is 0 Å². The van der Waals surface area contributed by atoms with Crippen LogP contribution in [0.25, 0.3) is 0 Å². The van der Waals surface area contributed by atoms with Crippen LogP contribution in [0, 0.1) is 5.92 Å². The van der Waals surface area contributed by atoms with E-state index < -0.39 is 0 Å². The van der Waals surface area contributed by atoms with Crippen LogP contribution >= 0.6 is 0 Å². The van der Waals surface area contributed by atoms with Gasteiger partial charge in [-0.05, 0) is 36.5 Å². The maximum atomic E-state index is 3.53. The Morgan fingerprint density at radius 2 is 1.65 bits per heavy atom. The summed E-state index contributed by atoms with van der Waals surface area (Å²) in [7, 11) is 0. The lowest BCUT2D eigenvalue weighted by Crippen LogP contribution is -2.12. The standard InChI is InChI=1S/C16H27N/c1-4-7-8-15-9-11-16(12-10-15)17-13-14(5-2)6-3/h9-12,14,17H,4-8,13H2,1-3H3. The zero-order valence-corrected chi connectivity index (χ0v) is 11.6. The Balaban J connectivity index is 2.39. The number of hydrogen-bond acceptors (Lipinski definition) is 1. The highest BCUT2D eigenvalue weighted by Gasteiger charge is 2.02. The number of rotatable bonds is 8. The predicted octanol–water partition coefficient (Wildman–Crippen LogP) is 4.88. The van der Waals surface area contributed by atoms with Gasteiger partial charge in [-0.3, -0.25) is 0 Å². The third-order valence-electron chi connectivity index (χ3n) is 3.52. The van der Waals surface area contributed by atoms with E-state index in [2.05, 4.69) is 50.4 Å². The molecule has 0 aliphatic heterocycles. The fourth-order valence-electron chi connectivity index (χ4n) is 2.01. The minimum atomic E-state index is 0.801. The van der Waals surface area contributed by atoms with Gasteiger partial charge in [0.05, 0.1) is 0 Å². The summed E-state index contributed by atoms with van der Waals surface area (Å²) in [6, 6.07) is 8.94. The monoisotopic (exact) mass is 233 g/mol. The second kappa shape index (κ2) is 8.16. The van der Waals surface area contributed by atoms with Crippen molar-refractivity contribution >= 4 is 5.69 Å². The van der Waals surface area contributed by atoms with E-state index in [-0.39, 0.29) is 0 Å². The summed E-state index contributed by atoms with van der Waals surface area (Å²) in [5, 5.41) is 3.53. The SMILES string of the molecule is CCCCc1ccc(NCC(CC)CC)cc1. The van der Waals surface area contributed by atoms with E-state index >= 15 is 0 Å². The van der Waals surface area contributed by atoms with Crippen LogP contribution in [0.4, 0.5) is 5.69 Å². The minimum Gasteiger partial charge on any atom is -0.385 e. The van der Waals surface area contributed by atoms with Crippen molar-refractivity contribution < 1.29 is 0 Å². The lowest BCUT2D eigenvalue weighted by atomic mass is 10.0. The van der Waals surface area contributed by atoms with Crippen LogP contribution in [0.1, 0.15) is 52.0 Å². The molecule has 0 amide bonds. The average Bonchev–Trinajstić information content (AvgIpc) is 2.39. The van der Waals surface area contributed by atoms with Gasteiger partial charge in [-0.1, -0.05) is 52.2 Å². The van der Waals surface area contributed by atoms with Gasteiger partial charge in [-0.25, -0.2) is 0 Å². The molecular weight excluding hydrogens is 206 g/mol. The molecule has 0 saturated carbocycles. The van der Waals surface area contributed by atoms with E-state index in [1.807, 2.05) is 0 Å². The van der Waals surface area contributed by atoms with Crippen LogP contribution in [0.3, 0.4) is 0 Å².